The van der Waals surface area contributed by atoms with Gasteiger partial charge in [-0.3, -0.25) is 0 Å². The first-order chi connectivity index (χ1) is 9.42. The van der Waals surface area contributed by atoms with E-state index in [1.807, 2.05) is 6.07 Å². The molecule has 108 valence electrons. The van der Waals surface area contributed by atoms with Gasteiger partial charge in [-0.25, -0.2) is 0 Å². The molecule has 20 heavy (non-hydrogen) atoms. The monoisotopic (exact) mass is 315 g/mol. The van der Waals surface area contributed by atoms with Gasteiger partial charge >= 0.3 is 0 Å². The predicted molar refractivity (Wildman–Crippen MR) is 77.0 cm³/mol. The number of methoxy groups -OCH3 is 1. The second-order valence-corrected chi connectivity index (χ2v) is 5.60. The number of ether oxygens (including phenoxy) is 1. The Labute approximate surface area is 127 Å². The Hall–Kier alpha value is -1.14. The number of halogens is 2. The minimum Gasteiger partial charge on any atom is -0.382 e. The van der Waals surface area contributed by atoms with Crippen molar-refractivity contribution in [1.29, 1.82) is 0 Å². The summed E-state index contributed by atoms with van der Waals surface area (Å²) < 4.78 is 10.2. The van der Waals surface area contributed by atoms with Crippen LogP contribution in [0, 0.1) is 0 Å². The highest BCUT2D eigenvalue weighted by Crippen LogP contribution is 2.24. The van der Waals surface area contributed by atoms with Gasteiger partial charge in [0.1, 0.15) is 5.54 Å². The zero-order valence-corrected chi connectivity index (χ0v) is 12.7. The molecule has 0 spiro atoms. The van der Waals surface area contributed by atoms with Gasteiger partial charge in [-0.05, 0) is 24.6 Å². The molecule has 0 fully saturated rings. The number of rotatable bonds is 5. The fourth-order valence-corrected chi connectivity index (χ4v) is 2.07. The van der Waals surface area contributed by atoms with Crippen LogP contribution in [0.2, 0.25) is 10.0 Å². The molecule has 0 radical (unpaired) electrons. The van der Waals surface area contributed by atoms with E-state index in [0.29, 0.717) is 34.8 Å². The van der Waals surface area contributed by atoms with Crippen molar-refractivity contribution in [1.82, 2.24) is 10.1 Å². The number of benzene rings is 1. The van der Waals surface area contributed by atoms with Crippen LogP contribution in [-0.2, 0) is 16.7 Å². The van der Waals surface area contributed by atoms with Gasteiger partial charge < -0.3 is 15.0 Å². The zero-order chi connectivity index (χ0) is 14.8. The van der Waals surface area contributed by atoms with Crippen LogP contribution in [0.4, 0.5) is 0 Å². The summed E-state index contributed by atoms with van der Waals surface area (Å²) in [4.78, 5) is 4.29. The molecular formula is C13H15Cl2N3O2. The number of hydrogen-bond acceptors (Lipinski definition) is 5. The summed E-state index contributed by atoms with van der Waals surface area (Å²) in [7, 11) is 1.57. The third-order valence-electron chi connectivity index (χ3n) is 2.76. The van der Waals surface area contributed by atoms with Crippen molar-refractivity contribution < 1.29 is 9.26 Å². The van der Waals surface area contributed by atoms with E-state index in [1.54, 1.807) is 26.2 Å². The largest absolute Gasteiger partial charge is 0.382 e. The molecule has 7 heteroatoms. The lowest BCUT2D eigenvalue weighted by Gasteiger charge is -2.18. The molecular weight excluding hydrogens is 301 g/mol. The van der Waals surface area contributed by atoms with Gasteiger partial charge in [-0.1, -0.05) is 34.4 Å². The van der Waals surface area contributed by atoms with Gasteiger partial charge in [0.2, 0.25) is 5.89 Å². The standard InChI is InChI=1S/C13H15Cl2N3O2/c1-13(16,7-19-2)12-17-11(20-18-12)6-8-3-4-9(14)10(15)5-8/h3-5H,6-7,16H2,1-2H3. The van der Waals surface area contributed by atoms with E-state index >= 15 is 0 Å². The van der Waals surface area contributed by atoms with Crippen LogP contribution in [0.5, 0.6) is 0 Å². The van der Waals surface area contributed by atoms with Gasteiger partial charge in [-0.15, -0.1) is 0 Å². The van der Waals surface area contributed by atoms with Crippen molar-refractivity contribution in [3.8, 4) is 0 Å². The number of nitrogens with two attached hydrogens (primary N) is 1. The van der Waals surface area contributed by atoms with Crippen LogP contribution < -0.4 is 5.73 Å². The van der Waals surface area contributed by atoms with Gasteiger partial charge in [0, 0.05) is 7.11 Å². The SMILES string of the molecule is COCC(C)(N)c1noc(Cc2ccc(Cl)c(Cl)c2)n1. The van der Waals surface area contributed by atoms with Crippen LogP contribution in [-0.4, -0.2) is 23.9 Å². The maximum atomic E-state index is 6.05. The number of aromatic nitrogens is 2. The quantitative estimate of drug-likeness (QED) is 0.918. The highest BCUT2D eigenvalue weighted by Gasteiger charge is 2.27. The summed E-state index contributed by atoms with van der Waals surface area (Å²) in [6.45, 7) is 2.09. The van der Waals surface area contributed by atoms with Crippen LogP contribution >= 0.6 is 23.2 Å². The lowest BCUT2D eigenvalue weighted by molar-refractivity contribution is 0.135. The molecule has 0 aliphatic carbocycles. The Morgan fingerprint density at radius 1 is 1.35 bits per heavy atom. The van der Waals surface area contributed by atoms with E-state index in [9.17, 15) is 0 Å². The van der Waals surface area contributed by atoms with E-state index in [1.165, 1.54) is 0 Å². The average Bonchev–Trinajstić information content (AvgIpc) is 2.83. The molecule has 2 aromatic rings. The number of hydrogen-bond donors (Lipinski definition) is 1. The molecule has 2 N–H and O–H groups in total. The first-order valence-electron chi connectivity index (χ1n) is 5.97. The lowest BCUT2D eigenvalue weighted by atomic mass is 10.1. The van der Waals surface area contributed by atoms with E-state index in [2.05, 4.69) is 10.1 Å². The van der Waals surface area contributed by atoms with Crippen molar-refractivity contribution >= 4 is 23.2 Å². The third-order valence-corrected chi connectivity index (χ3v) is 3.50. The topological polar surface area (TPSA) is 74.2 Å². The molecule has 1 aromatic carbocycles. The van der Waals surface area contributed by atoms with Crippen LogP contribution in [0.1, 0.15) is 24.2 Å². The normalized spacial score (nSPS) is 14.2. The summed E-state index contributed by atoms with van der Waals surface area (Å²) >= 11 is 11.8. The fraction of sp³-hybridized carbons (Fsp3) is 0.385. The van der Waals surface area contributed by atoms with Gasteiger partial charge in [0.05, 0.1) is 23.1 Å². The molecule has 0 amide bonds. The summed E-state index contributed by atoms with van der Waals surface area (Å²) in [6.07, 6.45) is 0.465. The van der Waals surface area contributed by atoms with Gasteiger partial charge in [0.25, 0.3) is 0 Å². The Bertz CT molecular complexity index is 599. The smallest absolute Gasteiger partial charge is 0.231 e. The third kappa shape index (κ3) is 3.49. The van der Waals surface area contributed by atoms with Crippen molar-refractivity contribution in [2.45, 2.75) is 18.9 Å². The van der Waals surface area contributed by atoms with E-state index in [-0.39, 0.29) is 0 Å². The Morgan fingerprint density at radius 2 is 2.10 bits per heavy atom. The van der Waals surface area contributed by atoms with E-state index < -0.39 is 5.54 Å². The summed E-state index contributed by atoms with van der Waals surface area (Å²) in [5, 5.41) is 4.90. The lowest BCUT2D eigenvalue weighted by Crippen LogP contribution is -2.39. The van der Waals surface area contributed by atoms with E-state index in [4.69, 9.17) is 38.2 Å². The minimum absolute atomic E-state index is 0.304. The highest BCUT2D eigenvalue weighted by molar-refractivity contribution is 6.42. The molecule has 1 unspecified atom stereocenters. The molecule has 2 rings (SSSR count). The molecule has 0 saturated carbocycles. The number of nitrogens with zero attached hydrogens (tertiary/aromatic N) is 2. The van der Waals surface area contributed by atoms with Crippen molar-refractivity contribution in [2.75, 3.05) is 13.7 Å². The van der Waals surface area contributed by atoms with Crippen LogP contribution in [0.3, 0.4) is 0 Å². The molecule has 5 nitrogen and oxygen atoms in total. The Morgan fingerprint density at radius 3 is 2.75 bits per heavy atom. The fourth-order valence-electron chi connectivity index (χ4n) is 1.75. The van der Waals surface area contributed by atoms with Crippen LogP contribution in [0.25, 0.3) is 0 Å². The molecule has 0 saturated heterocycles. The predicted octanol–water partition coefficient (Wildman–Crippen LogP) is 2.79. The average molecular weight is 316 g/mol. The van der Waals surface area contributed by atoms with Gasteiger partial charge in [-0.2, -0.15) is 4.98 Å². The summed E-state index contributed by atoms with van der Waals surface area (Å²) in [5.74, 6) is 0.876. The second-order valence-electron chi connectivity index (χ2n) is 4.79. The Kier molecular flexibility index (Phi) is 4.65. The molecule has 0 bridgehead atoms. The highest BCUT2D eigenvalue weighted by atomic mass is 35.5. The molecule has 0 aliphatic rings. The molecule has 0 aliphatic heterocycles. The summed E-state index contributed by atoms with van der Waals surface area (Å²) in [5.41, 5.74) is 6.20. The van der Waals surface area contributed by atoms with Crippen molar-refractivity contribution in [3.63, 3.8) is 0 Å². The van der Waals surface area contributed by atoms with E-state index in [0.717, 1.165) is 5.56 Å². The van der Waals surface area contributed by atoms with Crippen molar-refractivity contribution in [2.24, 2.45) is 5.73 Å². The Balaban J connectivity index is 2.15. The molecule has 1 heterocycles. The second kappa shape index (κ2) is 6.10. The van der Waals surface area contributed by atoms with Gasteiger partial charge in [0.15, 0.2) is 5.82 Å². The van der Waals surface area contributed by atoms with Crippen molar-refractivity contribution in [3.05, 3.63) is 45.5 Å². The minimum atomic E-state index is -0.784. The summed E-state index contributed by atoms with van der Waals surface area (Å²) in [6, 6.07) is 5.36. The first-order valence-corrected chi connectivity index (χ1v) is 6.73. The molecule has 1 atom stereocenters. The maximum absolute atomic E-state index is 6.05. The molecule has 1 aromatic heterocycles. The zero-order valence-electron chi connectivity index (χ0n) is 11.2. The van der Waals surface area contributed by atoms with Crippen LogP contribution in [0.15, 0.2) is 22.7 Å². The first kappa shape index (κ1) is 15.3. The maximum Gasteiger partial charge on any atom is 0.231 e.